The molecule has 20 heavy (non-hydrogen) atoms. The molecule has 1 rings (SSSR count). The lowest BCUT2D eigenvalue weighted by atomic mass is 10.1. The van der Waals surface area contributed by atoms with Gasteiger partial charge >= 0.3 is 0 Å². The van der Waals surface area contributed by atoms with Crippen LogP contribution in [-0.4, -0.2) is 31.1 Å². The van der Waals surface area contributed by atoms with Crippen molar-refractivity contribution in [3.63, 3.8) is 0 Å². The molecule has 1 unspecified atom stereocenters. The van der Waals surface area contributed by atoms with Gasteiger partial charge in [0.05, 0.1) is 0 Å². The Bertz CT molecular complexity index is 409. The van der Waals surface area contributed by atoms with E-state index in [1.807, 2.05) is 12.1 Å². The van der Waals surface area contributed by atoms with Crippen LogP contribution in [0, 0.1) is 0 Å². The summed E-state index contributed by atoms with van der Waals surface area (Å²) in [5, 5.41) is 4.36. The molecule has 1 aromatic carbocycles. The van der Waals surface area contributed by atoms with Crippen LogP contribution in [0.25, 0.3) is 0 Å². The van der Waals surface area contributed by atoms with Crippen LogP contribution < -0.4 is 5.32 Å². The predicted molar refractivity (Wildman–Crippen MR) is 92.6 cm³/mol. The van der Waals surface area contributed by atoms with E-state index in [-0.39, 0.29) is 0 Å². The molecule has 0 aromatic heterocycles. The zero-order valence-corrected chi connectivity index (χ0v) is 15.3. The summed E-state index contributed by atoms with van der Waals surface area (Å²) in [5.74, 6) is 0. The maximum absolute atomic E-state index is 6.26. The normalized spacial score (nSPS) is 13.2. The van der Waals surface area contributed by atoms with Crippen LogP contribution in [0.3, 0.4) is 0 Å². The van der Waals surface area contributed by atoms with Crippen molar-refractivity contribution in [1.82, 2.24) is 10.2 Å². The molecule has 0 radical (unpaired) electrons. The van der Waals surface area contributed by atoms with E-state index in [1.54, 1.807) is 0 Å². The quantitative estimate of drug-likeness (QED) is 0.664. The Labute approximate surface area is 137 Å². The van der Waals surface area contributed by atoms with Gasteiger partial charge in [-0.15, -0.1) is 0 Å². The van der Waals surface area contributed by atoms with E-state index in [9.17, 15) is 0 Å². The number of hydrogen-bond acceptors (Lipinski definition) is 2. The number of nitrogens with one attached hydrogen (secondary N) is 1. The highest BCUT2D eigenvalue weighted by Crippen LogP contribution is 2.26. The fraction of sp³-hybridized carbons (Fsp3) is 0.625. The van der Waals surface area contributed by atoms with E-state index < -0.39 is 0 Å². The van der Waals surface area contributed by atoms with E-state index >= 15 is 0 Å². The van der Waals surface area contributed by atoms with E-state index in [2.05, 4.69) is 60.0 Å². The van der Waals surface area contributed by atoms with Gasteiger partial charge < -0.3 is 10.2 Å². The third kappa shape index (κ3) is 6.13. The molecule has 1 aromatic rings. The first-order chi connectivity index (χ1) is 9.41. The Balaban J connectivity index is 2.28. The average molecular weight is 362 g/mol. The Morgan fingerprint density at radius 1 is 1.25 bits per heavy atom. The van der Waals surface area contributed by atoms with Crippen molar-refractivity contribution in [2.24, 2.45) is 0 Å². The average Bonchev–Trinajstić information content (AvgIpc) is 2.37. The SMILES string of the molecule is CC(NCCCCN(C)C(C)C)c1ccc(Br)cc1Cl. The van der Waals surface area contributed by atoms with Gasteiger partial charge in [0.25, 0.3) is 0 Å². The third-order valence-electron chi connectivity index (χ3n) is 3.70. The molecule has 0 aliphatic heterocycles. The van der Waals surface area contributed by atoms with Crippen molar-refractivity contribution < 1.29 is 0 Å². The lowest BCUT2D eigenvalue weighted by molar-refractivity contribution is 0.267. The van der Waals surface area contributed by atoms with Gasteiger partial charge in [0.15, 0.2) is 0 Å². The summed E-state index contributed by atoms with van der Waals surface area (Å²) < 4.78 is 1.02. The molecule has 0 heterocycles. The molecule has 2 nitrogen and oxygen atoms in total. The number of unbranched alkanes of at least 4 members (excludes halogenated alkanes) is 1. The smallest absolute Gasteiger partial charge is 0.0464 e. The highest BCUT2D eigenvalue weighted by molar-refractivity contribution is 9.10. The number of hydrogen-bond donors (Lipinski definition) is 1. The maximum atomic E-state index is 6.26. The highest BCUT2D eigenvalue weighted by atomic mass is 79.9. The van der Waals surface area contributed by atoms with Crippen LogP contribution in [0.1, 0.15) is 45.2 Å². The summed E-state index contributed by atoms with van der Waals surface area (Å²) in [4.78, 5) is 2.38. The largest absolute Gasteiger partial charge is 0.310 e. The second-order valence-electron chi connectivity index (χ2n) is 5.62. The molecular weight excluding hydrogens is 336 g/mol. The zero-order chi connectivity index (χ0) is 15.1. The maximum Gasteiger partial charge on any atom is 0.0464 e. The Morgan fingerprint density at radius 2 is 1.95 bits per heavy atom. The molecule has 0 bridgehead atoms. The predicted octanol–water partition coefficient (Wildman–Crippen LogP) is 4.87. The summed E-state index contributed by atoms with van der Waals surface area (Å²) in [6, 6.07) is 6.99. The highest BCUT2D eigenvalue weighted by Gasteiger charge is 2.09. The van der Waals surface area contributed by atoms with Gasteiger partial charge in [-0.1, -0.05) is 33.6 Å². The van der Waals surface area contributed by atoms with Gasteiger partial charge in [0, 0.05) is 21.6 Å². The standard InChI is InChI=1S/C16H26BrClN2/c1-12(2)20(4)10-6-5-9-19-13(3)15-8-7-14(17)11-16(15)18/h7-8,11-13,19H,5-6,9-10H2,1-4H3. The van der Waals surface area contributed by atoms with Crippen molar-refractivity contribution in [2.75, 3.05) is 20.1 Å². The lowest BCUT2D eigenvalue weighted by Crippen LogP contribution is -2.28. The summed E-state index contributed by atoms with van der Waals surface area (Å²) in [6.45, 7) is 8.81. The minimum atomic E-state index is 0.290. The Morgan fingerprint density at radius 3 is 2.55 bits per heavy atom. The summed E-state index contributed by atoms with van der Waals surface area (Å²) in [5.41, 5.74) is 1.16. The van der Waals surface area contributed by atoms with Crippen LogP contribution in [0.5, 0.6) is 0 Å². The van der Waals surface area contributed by atoms with Gasteiger partial charge in [-0.05, 0) is 71.4 Å². The minimum absolute atomic E-state index is 0.290. The van der Waals surface area contributed by atoms with Crippen LogP contribution in [0.15, 0.2) is 22.7 Å². The van der Waals surface area contributed by atoms with E-state index in [1.165, 1.54) is 12.8 Å². The molecule has 0 aliphatic rings. The first-order valence-corrected chi connectivity index (χ1v) is 8.47. The lowest BCUT2D eigenvalue weighted by Gasteiger charge is -2.21. The van der Waals surface area contributed by atoms with E-state index in [0.29, 0.717) is 12.1 Å². The van der Waals surface area contributed by atoms with Crippen molar-refractivity contribution in [1.29, 1.82) is 0 Å². The third-order valence-corrected chi connectivity index (χ3v) is 4.52. The van der Waals surface area contributed by atoms with Gasteiger partial charge in [0.1, 0.15) is 0 Å². The summed E-state index contributed by atoms with van der Waals surface area (Å²) >= 11 is 9.70. The summed E-state index contributed by atoms with van der Waals surface area (Å²) in [7, 11) is 2.18. The topological polar surface area (TPSA) is 15.3 Å². The van der Waals surface area contributed by atoms with Crippen molar-refractivity contribution >= 4 is 27.5 Å². The summed E-state index contributed by atoms with van der Waals surface area (Å²) in [6.07, 6.45) is 2.41. The molecular formula is C16H26BrClN2. The van der Waals surface area contributed by atoms with Crippen molar-refractivity contribution in [3.8, 4) is 0 Å². The number of benzene rings is 1. The number of nitrogens with zero attached hydrogens (tertiary/aromatic N) is 1. The van der Waals surface area contributed by atoms with Gasteiger partial charge in [-0.3, -0.25) is 0 Å². The fourth-order valence-electron chi connectivity index (χ4n) is 2.03. The van der Waals surface area contributed by atoms with Crippen LogP contribution in [-0.2, 0) is 0 Å². The first kappa shape index (κ1) is 18.0. The Hall–Kier alpha value is -0.0900. The zero-order valence-electron chi connectivity index (χ0n) is 12.9. The van der Waals surface area contributed by atoms with E-state index in [4.69, 9.17) is 11.6 Å². The second-order valence-corrected chi connectivity index (χ2v) is 6.95. The van der Waals surface area contributed by atoms with Gasteiger partial charge in [-0.2, -0.15) is 0 Å². The number of halogens is 2. The van der Waals surface area contributed by atoms with Gasteiger partial charge in [0.2, 0.25) is 0 Å². The molecule has 114 valence electrons. The monoisotopic (exact) mass is 360 g/mol. The van der Waals surface area contributed by atoms with Gasteiger partial charge in [-0.25, -0.2) is 0 Å². The molecule has 0 saturated carbocycles. The molecule has 1 N–H and O–H groups in total. The fourth-order valence-corrected chi connectivity index (χ4v) is 2.86. The van der Waals surface area contributed by atoms with E-state index in [0.717, 1.165) is 28.1 Å². The second kappa shape index (κ2) is 9.04. The van der Waals surface area contributed by atoms with Crippen molar-refractivity contribution in [2.45, 2.75) is 45.7 Å². The van der Waals surface area contributed by atoms with Crippen LogP contribution >= 0.6 is 27.5 Å². The van der Waals surface area contributed by atoms with Crippen LogP contribution in [0.4, 0.5) is 0 Å². The molecule has 0 fully saturated rings. The number of rotatable bonds is 8. The van der Waals surface area contributed by atoms with Crippen molar-refractivity contribution in [3.05, 3.63) is 33.3 Å². The molecule has 0 saturated heterocycles. The Kier molecular flexibility index (Phi) is 8.11. The molecule has 0 spiro atoms. The van der Waals surface area contributed by atoms with Crippen LogP contribution in [0.2, 0.25) is 5.02 Å². The molecule has 1 atom stereocenters. The molecule has 4 heteroatoms. The minimum Gasteiger partial charge on any atom is -0.310 e. The first-order valence-electron chi connectivity index (χ1n) is 7.30. The molecule has 0 amide bonds. The molecule has 0 aliphatic carbocycles.